The molecule has 1 aliphatic heterocycles. The van der Waals surface area contributed by atoms with Gasteiger partial charge in [-0.3, -0.25) is 4.90 Å². The minimum absolute atomic E-state index is 0.405. The van der Waals surface area contributed by atoms with E-state index in [0.29, 0.717) is 12.2 Å². The number of morpholine rings is 1. The molecule has 2 fully saturated rings. The average Bonchev–Trinajstić information content (AvgIpc) is 2.64. The van der Waals surface area contributed by atoms with Crippen molar-refractivity contribution in [1.82, 2.24) is 10.2 Å². The number of hydrogen-bond donors (Lipinski definition) is 1. The maximum Gasteiger partial charge on any atom is 0.0678 e. The van der Waals surface area contributed by atoms with Crippen molar-refractivity contribution in [2.75, 3.05) is 20.1 Å². The van der Waals surface area contributed by atoms with E-state index in [1.807, 2.05) is 0 Å². The van der Waals surface area contributed by atoms with Crippen LogP contribution in [0, 0.1) is 0 Å². The van der Waals surface area contributed by atoms with Crippen molar-refractivity contribution < 1.29 is 4.74 Å². The van der Waals surface area contributed by atoms with Crippen LogP contribution in [-0.4, -0.2) is 49.3 Å². The van der Waals surface area contributed by atoms with Crippen molar-refractivity contribution in [3.8, 4) is 0 Å². The Morgan fingerprint density at radius 3 is 2.33 bits per heavy atom. The summed E-state index contributed by atoms with van der Waals surface area (Å²) in [6, 6.07) is 1.53. The van der Waals surface area contributed by atoms with Gasteiger partial charge < -0.3 is 10.1 Å². The molecule has 3 heteroatoms. The van der Waals surface area contributed by atoms with Gasteiger partial charge in [-0.15, -0.1) is 0 Å². The van der Waals surface area contributed by atoms with E-state index in [1.165, 1.54) is 19.3 Å². The van der Waals surface area contributed by atoms with Gasteiger partial charge in [0, 0.05) is 25.2 Å². The Bertz CT molecular complexity index is 200. The molecule has 1 aliphatic carbocycles. The summed E-state index contributed by atoms with van der Waals surface area (Å²) in [6.07, 6.45) is 4.81. The second-order valence-electron chi connectivity index (χ2n) is 5.16. The summed E-state index contributed by atoms with van der Waals surface area (Å²) < 4.78 is 5.77. The molecular formula is C12H24N2O. The molecule has 0 bridgehead atoms. The number of nitrogens with zero attached hydrogens (tertiary/aromatic N) is 1. The first-order valence-electron chi connectivity index (χ1n) is 6.25. The molecule has 4 atom stereocenters. The number of ether oxygens (including phenoxy) is 1. The van der Waals surface area contributed by atoms with Gasteiger partial charge >= 0.3 is 0 Å². The maximum absolute atomic E-state index is 5.77. The van der Waals surface area contributed by atoms with Crippen LogP contribution in [0.5, 0.6) is 0 Å². The second-order valence-corrected chi connectivity index (χ2v) is 5.16. The standard InChI is InChI=1S/C12H24N2O/c1-9-7-14(8-10(2)15-9)12-5-4-11(6-12)13-3/h9-13H,4-8H2,1-3H3/t9-,10+,11?,12?. The third kappa shape index (κ3) is 2.71. The molecule has 0 aromatic rings. The second kappa shape index (κ2) is 4.81. The van der Waals surface area contributed by atoms with Crippen molar-refractivity contribution in [2.45, 2.75) is 57.4 Å². The van der Waals surface area contributed by atoms with E-state index in [2.05, 4.69) is 31.1 Å². The van der Waals surface area contributed by atoms with Crippen molar-refractivity contribution in [3.05, 3.63) is 0 Å². The maximum atomic E-state index is 5.77. The Morgan fingerprint density at radius 2 is 1.80 bits per heavy atom. The lowest BCUT2D eigenvalue weighted by Gasteiger charge is -2.39. The zero-order valence-corrected chi connectivity index (χ0v) is 10.2. The summed E-state index contributed by atoms with van der Waals surface area (Å²) in [7, 11) is 2.08. The predicted molar refractivity (Wildman–Crippen MR) is 62.1 cm³/mol. The van der Waals surface area contributed by atoms with Crippen molar-refractivity contribution in [3.63, 3.8) is 0 Å². The molecule has 0 amide bonds. The first-order valence-corrected chi connectivity index (χ1v) is 6.25. The lowest BCUT2D eigenvalue weighted by atomic mass is 10.1. The van der Waals surface area contributed by atoms with Gasteiger partial charge in [-0.1, -0.05) is 0 Å². The fraction of sp³-hybridized carbons (Fsp3) is 1.00. The van der Waals surface area contributed by atoms with Crippen LogP contribution in [0.2, 0.25) is 0 Å². The van der Waals surface area contributed by atoms with Crippen molar-refractivity contribution >= 4 is 0 Å². The summed E-state index contributed by atoms with van der Waals surface area (Å²) in [5.41, 5.74) is 0. The van der Waals surface area contributed by atoms with Crippen LogP contribution in [0.1, 0.15) is 33.1 Å². The van der Waals surface area contributed by atoms with E-state index in [-0.39, 0.29) is 0 Å². The largest absolute Gasteiger partial charge is 0.373 e. The molecule has 3 nitrogen and oxygen atoms in total. The van der Waals surface area contributed by atoms with Gasteiger partial charge in [0.15, 0.2) is 0 Å². The number of rotatable bonds is 2. The molecule has 2 aliphatic rings. The van der Waals surface area contributed by atoms with Crippen molar-refractivity contribution in [2.24, 2.45) is 0 Å². The number of nitrogens with one attached hydrogen (secondary N) is 1. The van der Waals surface area contributed by atoms with Gasteiger partial charge in [0.25, 0.3) is 0 Å². The van der Waals surface area contributed by atoms with E-state index in [0.717, 1.165) is 25.2 Å². The van der Waals surface area contributed by atoms with Gasteiger partial charge in [0.2, 0.25) is 0 Å². The smallest absolute Gasteiger partial charge is 0.0678 e. The molecule has 15 heavy (non-hydrogen) atoms. The summed E-state index contributed by atoms with van der Waals surface area (Å²) in [6.45, 7) is 6.61. The summed E-state index contributed by atoms with van der Waals surface area (Å²) in [4.78, 5) is 2.64. The SMILES string of the molecule is CNC1CCC(N2C[C@@H](C)O[C@@H](C)C2)C1. The predicted octanol–water partition coefficient (Wildman–Crippen LogP) is 1.24. The Labute approximate surface area is 93.2 Å². The van der Waals surface area contributed by atoms with E-state index in [9.17, 15) is 0 Å². The highest BCUT2D eigenvalue weighted by Gasteiger charge is 2.32. The fourth-order valence-corrected chi connectivity index (χ4v) is 3.07. The van der Waals surface area contributed by atoms with Gasteiger partial charge in [-0.05, 0) is 40.2 Å². The van der Waals surface area contributed by atoms with Gasteiger partial charge in [0.05, 0.1) is 12.2 Å². The van der Waals surface area contributed by atoms with E-state index >= 15 is 0 Å². The molecule has 0 aromatic carbocycles. The minimum atomic E-state index is 0.405. The summed E-state index contributed by atoms with van der Waals surface area (Å²) >= 11 is 0. The minimum Gasteiger partial charge on any atom is -0.373 e. The van der Waals surface area contributed by atoms with Crippen LogP contribution in [0.3, 0.4) is 0 Å². The highest BCUT2D eigenvalue weighted by atomic mass is 16.5. The van der Waals surface area contributed by atoms with Crippen LogP contribution in [0.4, 0.5) is 0 Å². The topological polar surface area (TPSA) is 24.5 Å². The molecule has 0 aromatic heterocycles. The van der Waals surface area contributed by atoms with Gasteiger partial charge in [-0.25, -0.2) is 0 Å². The highest BCUT2D eigenvalue weighted by Crippen LogP contribution is 2.26. The lowest BCUT2D eigenvalue weighted by molar-refractivity contribution is -0.0797. The Kier molecular flexibility index (Phi) is 3.65. The van der Waals surface area contributed by atoms with Crippen LogP contribution in [-0.2, 0) is 4.74 Å². The average molecular weight is 212 g/mol. The Hall–Kier alpha value is -0.120. The fourth-order valence-electron chi connectivity index (χ4n) is 3.07. The van der Waals surface area contributed by atoms with Crippen LogP contribution in [0.25, 0.3) is 0 Å². The number of hydrogen-bond acceptors (Lipinski definition) is 3. The lowest BCUT2D eigenvalue weighted by Crippen LogP contribution is -2.49. The monoisotopic (exact) mass is 212 g/mol. The third-order valence-corrected chi connectivity index (χ3v) is 3.78. The van der Waals surface area contributed by atoms with Crippen LogP contribution in [0.15, 0.2) is 0 Å². The van der Waals surface area contributed by atoms with Crippen LogP contribution >= 0.6 is 0 Å². The molecule has 1 saturated carbocycles. The Balaban J connectivity index is 1.88. The Morgan fingerprint density at radius 1 is 1.13 bits per heavy atom. The normalized spacial score (nSPS) is 43.4. The molecule has 1 N–H and O–H groups in total. The molecule has 0 spiro atoms. The molecule has 88 valence electrons. The first kappa shape index (κ1) is 11.4. The van der Waals surface area contributed by atoms with E-state index in [4.69, 9.17) is 4.74 Å². The van der Waals surface area contributed by atoms with Gasteiger partial charge in [-0.2, -0.15) is 0 Å². The molecule has 1 heterocycles. The molecule has 2 unspecified atom stereocenters. The zero-order valence-electron chi connectivity index (χ0n) is 10.2. The van der Waals surface area contributed by atoms with Gasteiger partial charge in [0.1, 0.15) is 0 Å². The molecular weight excluding hydrogens is 188 g/mol. The molecule has 2 rings (SSSR count). The first-order chi connectivity index (χ1) is 7.19. The summed E-state index contributed by atoms with van der Waals surface area (Å²) in [5, 5.41) is 3.40. The van der Waals surface area contributed by atoms with E-state index < -0.39 is 0 Å². The van der Waals surface area contributed by atoms with Crippen LogP contribution < -0.4 is 5.32 Å². The quantitative estimate of drug-likeness (QED) is 0.745. The summed E-state index contributed by atoms with van der Waals surface area (Å²) in [5.74, 6) is 0. The zero-order chi connectivity index (χ0) is 10.8. The molecule has 0 radical (unpaired) electrons. The highest BCUT2D eigenvalue weighted by molar-refractivity contribution is 4.88. The van der Waals surface area contributed by atoms with Crippen molar-refractivity contribution in [1.29, 1.82) is 0 Å². The third-order valence-electron chi connectivity index (χ3n) is 3.78. The van der Waals surface area contributed by atoms with E-state index in [1.54, 1.807) is 0 Å². The molecule has 1 saturated heterocycles.